The third-order valence-electron chi connectivity index (χ3n) is 0.406. The van der Waals surface area contributed by atoms with Crippen LogP contribution < -0.4 is 0 Å². The summed E-state index contributed by atoms with van der Waals surface area (Å²) in [4.78, 5) is 9.65. The quantitative estimate of drug-likeness (QED) is 0.479. The predicted molar refractivity (Wildman–Crippen MR) is 26.1 cm³/mol. The zero-order chi connectivity index (χ0) is 5.70. The Morgan fingerprint density at radius 1 is 1.86 bits per heavy atom. The van der Waals surface area contributed by atoms with Crippen molar-refractivity contribution >= 4 is 17.7 Å². The summed E-state index contributed by atoms with van der Waals surface area (Å²) in [5, 5.41) is 0. The number of aldehydes is 1. The van der Waals surface area contributed by atoms with E-state index in [2.05, 4.69) is 4.36 Å². The molecule has 4 heteroatoms. The van der Waals surface area contributed by atoms with Crippen LogP contribution in [0.3, 0.4) is 0 Å². The zero-order valence-corrected chi connectivity index (χ0v) is 4.64. The van der Waals surface area contributed by atoms with E-state index < -0.39 is 6.04 Å². The molecule has 7 heavy (non-hydrogen) atoms. The van der Waals surface area contributed by atoms with Crippen LogP contribution in [0.15, 0.2) is 4.36 Å². The molecular formula is C3H5NO2S. The van der Waals surface area contributed by atoms with Crippen LogP contribution in [0, 0.1) is 0 Å². The Hall–Kier alpha value is -0.510. The molecule has 0 aliphatic carbocycles. The van der Waals surface area contributed by atoms with E-state index in [0.29, 0.717) is 6.29 Å². The van der Waals surface area contributed by atoms with Crippen LogP contribution in [0.25, 0.3) is 0 Å². The predicted octanol–water partition coefficient (Wildman–Crippen LogP) is -0.0296. The summed E-state index contributed by atoms with van der Waals surface area (Å²) in [5.74, 6) is 0. The van der Waals surface area contributed by atoms with Gasteiger partial charge in [-0.3, -0.25) is 0 Å². The lowest BCUT2D eigenvalue weighted by Gasteiger charge is -1.81. The van der Waals surface area contributed by atoms with Crippen molar-refractivity contribution in [2.45, 2.75) is 13.0 Å². The maximum absolute atomic E-state index is 9.65. The lowest BCUT2D eigenvalue weighted by atomic mass is 10.4. The molecule has 0 radical (unpaired) electrons. The largest absolute Gasteiger partial charge is 0.301 e. The van der Waals surface area contributed by atoms with Gasteiger partial charge in [0.15, 0.2) is 11.5 Å². The second kappa shape index (κ2) is 3.67. The molecule has 0 aromatic rings. The molecule has 0 spiro atoms. The Morgan fingerprint density at radius 2 is 2.43 bits per heavy atom. The number of hydrogen-bond donors (Lipinski definition) is 0. The van der Waals surface area contributed by atoms with Gasteiger partial charge in [0.25, 0.3) is 0 Å². The highest BCUT2D eigenvalue weighted by Crippen LogP contribution is 1.77. The summed E-state index contributed by atoms with van der Waals surface area (Å²) >= 11 is 0.0781. The fraction of sp³-hybridized carbons (Fsp3) is 0.667. The van der Waals surface area contributed by atoms with E-state index >= 15 is 0 Å². The lowest BCUT2D eigenvalue weighted by Crippen LogP contribution is -1.95. The molecule has 0 saturated carbocycles. The highest BCUT2D eigenvalue weighted by atomic mass is 32.1. The standard InChI is InChI=1S/C3H5NO2S/c1-3(2-5)4-7-6/h2-3H,1H3/t3-/m0/s1. The molecule has 0 fully saturated rings. The molecule has 0 saturated heterocycles. The molecule has 0 unspecified atom stereocenters. The van der Waals surface area contributed by atoms with Crippen LogP contribution in [0.4, 0.5) is 0 Å². The van der Waals surface area contributed by atoms with E-state index in [1.165, 1.54) is 0 Å². The van der Waals surface area contributed by atoms with Gasteiger partial charge in [-0.15, -0.1) is 0 Å². The summed E-state index contributed by atoms with van der Waals surface area (Å²) in [6.45, 7) is 1.55. The molecule has 0 N–H and O–H groups in total. The van der Waals surface area contributed by atoms with E-state index in [4.69, 9.17) is 0 Å². The van der Waals surface area contributed by atoms with Gasteiger partial charge in [0.2, 0.25) is 0 Å². The molecule has 0 amide bonds. The van der Waals surface area contributed by atoms with Crippen molar-refractivity contribution in [1.29, 1.82) is 0 Å². The summed E-state index contributed by atoms with van der Waals surface area (Å²) in [7, 11) is 0. The Bertz CT molecular complexity index is 108. The number of nitrogens with zero attached hydrogens (tertiary/aromatic N) is 1. The third kappa shape index (κ3) is 3.32. The van der Waals surface area contributed by atoms with Gasteiger partial charge in [0, 0.05) is 0 Å². The fourth-order valence-electron chi connectivity index (χ4n) is 0.0927. The molecule has 0 rings (SSSR count). The molecule has 0 aromatic carbocycles. The normalized spacial score (nSPS) is 12.1. The summed E-state index contributed by atoms with van der Waals surface area (Å²) in [6, 6.07) is -0.456. The highest BCUT2D eigenvalue weighted by Gasteiger charge is 1.89. The first-order valence-electron chi connectivity index (χ1n) is 1.75. The van der Waals surface area contributed by atoms with Crippen LogP contribution in [0.1, 0.15) is 6.92 Å². The van der Waals surface area contributed by atoms with Gasteiger partial charge in [0.1, 0.15) is 12.3 Å². The summed E-state index contributed by atoms with van der Waals surface area (Å²) in [5.41, 5.74) is 0. The van der Waals surface area contributed by atoms with Crippen LogP contribution in [0.2, 0.25) is 0 Å². The Balaban J connectivity index is 3.56. The monoisotopic (exact) mass is 119 g/mol. The van der Waals surface area contributed by atoms with Crippen molar-refractivity contribution in [2.24, 2.45) is 4.36 Å². The maximum Gasteiger partial charge on any atom is 0.200 e. The number of hydrogen-bond acceptors (Lipinski definition) is 3. The summed E-state index contributed by atoms with van der Waals surface area (Å²) in [6.07, 6.45) is 0.616. The van der Waals surface area contributed by atoms with Crippen molar-refractivity contribution in [3.8, 4) is 0 Å². The second-order valence-corrected chi connectivity index (χ2v) is 1.42. The van der Waals surface area contributed by atoms with Crippen LogP contribution in [-0.4, -0.2) is 16.5 Å². The van der Waals surface area contributed by atoms with Crippen molar-refractivity contribution in [3.63, 3.8) is 0 Å². The molecule has 0 aliphatic heterocycles. The van der Waals surface area contributed by atoms with Crippen LogP contribution in [0.5, 0.6) is 0 Å². The van der Waals surface area contributed by atoms with E-state index in [1.54, 1.807) is 6.92 Å². The molecule has 0 aliphatic rings. The smallest absolute Gasteiger partial charge is 0.200 e. The lowest BCUT2D eigenvalue weighted by molar-refractivity contribution is -0.108. The first-order chi connectivity index (χ1) is 3.31. The molecule has 40 valence electrons. The van der Waals surface area contributed by atoms with Gasteiger partial charge in [-0.05, 0) is 6.92 Å². The molecule has 1 atom stereocenters. The molecular weight excluding hydrogens is 114 g/mol. The molecule has 0 bridgehead atoms. The Labute approximate surface area is 45.0 Å². The van der Waals surface area contributed by atoms with Gasteiger partial charge in [-0.1, -0.05) is 0 Å². The first kappa shape index (κ1) is 6.49. The topological polar surface area (TPSA) is 46.5 Å². The average molecular weight is 119 g/mol. The molecule has 0 heterocycles. The van der Waals surface area contributed by atoms with E-state index in [9.17, 15) is 9.00 Å². The highest BCUT2D eigenvalue weighted by molar-refractivity contribution is 7.54. The van der Waals surface area contributed by atoms with Crippen molar-refractivity contribution in [2.75, 3.05) is 0 Å². The SMILES string of the molecule is C[C@@H](C=O)N=S=O. The Morgan fingerprint density at radius 3 is 2.57 bits per heavy atom. The third-order valence-corrected chi connectivity index (χ3v) is 0.825. The van der Waals surface area contributed by atoms with Crippen LogP contribution in [-0.2, 0) is 16.3 Å². The van der Waals surface area contributed by atoms with E-state index in [1.807, 2.05) is 0 Å². The van der Waals surface area contributed by atoms with Gasteiger partial charge in [0.05, 0.1) is 0 Å². The zero-order valence-electron chi connectivity index (χ0n) is 3.83. The Kier molecular flexibility index (Phi) is 3.40. The second-order valence-electron chi connectivity index (χ2n) is 1.06. The maximum atomic E-state index is 9.65. The van der Waals surface area contributed by atoms with E-state index in [-0.39, 0.29) is 11.5 Å². The molecule has 3 nitrogen and oxygen atoms in total. The molecule has 0 aromatic heterocycles. The minimum absolute atomic E-state index is 0.0781. The minimum atomic E-state index is -0.456. The van der Waals surface area contributed by atoms with Gasteiger partial charge in [-0.25, -0.2) is 0 Å². The van der Waals surface area contributed by atoms with Crippen molar-refractivity contribution in [3.05, 3.63) is 0 Å². The number of carbonyl (C=O) groups excluding carboxylic acids is 1. The first-order valence-corrected chi connectivity index (χ1v) is 2.45. The van der Waals surface area contributed by atoms with Crippen LogP contribution >= 0.6 is 0 Å². The van der Waals surface area contributed by atoms with Crippen molar-refractivity contribution < 1.29 is 9.00 Å². The van der Waals surface area contributed by atoms with Gasteiger partial charge >= 0.3 is 0 Å². The van der Waals surface area contributed by atoms with Gasteiger partial charge < -0.3 is 4.79 Å². The minimum Gasteiger partial charge on any atom is -0.301 e. The number of carbonyl (C=O) groups is 1. The van der Waals surface area contributed by atoms with Crippen molar-refractivity contribution in [1.82, 2.24) is 0 Å². The summed E-state index contributed by atoms with van der Waals surface area (Å²) < 4.78 is 12.7. The van der Waals surface area contributed by atoms with E-state index in [0.717, 1.165) is 0 Å². The van der Waals surface area contributed by atoms with Gasteiger partial charge in [-0.2, -0.15) is 8.57 Å². The average Bonchev–Trinajstić information content (AvgIpc) is 1.68. The number of rotatable bonds is 2. The fourth-order valence-corrected chi connectivity index (χ4v) is 0.278.